The van der Waals surface area contributed by atoms with Crippen LogP contribution in [0.4, 0.5) is 28.2 Å². The molecule has 4 aliphatic heterocycles. The van der Waals surface area contributed by atoms with Crippen LogP contribution in [-0.2, 0) is 9.47 Å². The van der Waals surface area contributed by atoms with Crippen molar-refractivity contribution in [2.75, 3.05) is 38.5 Å². The van der Waals surface area contributed by atoms with Crippen LogP contribution in [0, 0.1) is 23.1 Å². The highest BCUT2D eigenvalue weighted by Crippen LogP contribution is 2.47. The number of hydrogen-bond acceptors (Lipinski definition) is 10. The number of carbonyl (C=O) groups is 1. The molecule has 2 bridgehead atoms. The normalized spacial score (nSPS) is 24.9. The number of nitrogens with two attached hydrogens (primary N) is 1. The molecule has 332 valence electrons. The second-order valence-corrected chi connectivity index (χ2v) is 24.0. The van der Waals surface area contributed by atoms with E-state index in [1.807, 2.05) is 0 Å². The first-order valence-corrected chi connectivity index (χ1v) is 24.0. The van der Waals surface area contributed by atoms with Crippen molar-refractivity contribution in [2.45, 2.75) is 133 Å². The van der Waals surface area contributed by atoms with Crippen molar-refractivity contribution in [3.63, 3.8) is 0 Å². The highest BCUT2D eigenvalue weighted by atomic mass is 28.3. The van der Waals surface area contributed by atoms with E-state index in [9.17, 15) is 9.18 Å². The lowest BCUT2D eigenvalue weighted by atomic mass is 9.95. The number of alkyl halides is 2. The van der Waals surface area contributed by atoms with E-state index < -0.39 is 55.8 Å². The molecule has 4 aromatic rings. The Labute approximate surface area is 361 Å². The Morgan fingerprint density at radius 1 is 1.05 bits per heavy atom. The molecule has 11 nitrogen and oxygen atoms in total. The topological polar surface area (TPSA) is 125 Å². The highest BCUT2D eigenvalue weighted by molar-refractivity contribution is 6.90. The minimum atomic E-state index is -2.35. The maximum atomic E-state index is 17.8. The number of nitrogens with zero attached hydrogens (tertiary/aromatic N) is 5. The fraction of sp³-hybridized carbons (Fsp3) is 0.565. The van der Waals surface area contributed by atoms with Crippen LogP contribution in [0.2, 0.25) is 16.6 Å². The number of benzene rings is 2. The molecule has 62 heavy (non-hydrogen) atoms. The lowest BCUT2D eigenvalue weighted by Gasteiger charge is -2.41. The number of aromatic nitrogens is 3. The van der Waals surface area contributed by atoms with Crippen molar-refractivity contribution in [3.8, 4) is 34.5 Å². The SMILES string of the molecule is COCOc1cc(-c2ncc3c(N4[C@H]5CC[C@@H]4[C@H](F)[C@H](OC(N)=O)C5)nc(OC[C@@]45CCCN4C[C@H](F)C5)nc3c2F)c2c(C#C[Si](C(C)C)(C(C)C)C(C)C)c(F)ccc2c1. The molecule has 4 fully saturated rings. The number of hydrogen-bond donors (Lipinski definition) is 1. The van der Waals surface area contributed by atoms with Gasteiger partial charge >= 0.3 is 12.1 Å². The van der Waals surface area contributed by atoms with Gasteiger partial charge in [0.2, 0.25) is 0 Å². The second-order valence-electron chi connectivity index (χ2n) is 18.4. The molecule has 6 heterocycles. The molecule has 16 heteroatoms. The highest BCUT2D eigenvalue weighted by Gasteiger charge is 2.52. The zero-order chi connectivity index (χ0) is 44.2. The van der Waals surface area contributed by atoms with Gasteiger partial charge in [0.15, 0.2) is 18.8 Å². The van der Waals surface area contributed by atoms with Gasteiger partial charge in [0.05, 0.1) is 22.5 Å². The minimum absolute atomic E-state index is 0.0732. The van der Waals surface area contributed by atoms with Gasteiger partial charge in [-0.05, 0) is 72.4 Å². The van der Waals surface area contributed by atoms with Gasteiger partial charge in [-0.15, -0.1) is 5.54 Å². The van der Waals surface area contributed by atoms with Crippen molar-refractivity contribution in [1.82, 2.24) is 19.9 Å². The molecule has 0 radical (unpaired) electrons. The second kappa shape index (κ2) is 17.1. The molecule has 4 saturated heterocycles. The third-order valence-electron chi connectivity index (χ3n) is 14.1. The molecule has 2 aromatic carbocycles. The average Bonchev–Trinajstić information content (AvgIpc) is 3.87. The number of anilines is 1. The van der Waals surface area contributed by atoms with Gasteiger partial charge in [-0.2, -0.15) is 9.97 Å². The molecule has 0 aliphatic carbocycles. The van der Waals surface area contributed by atoms with E-state index in [2.05, 4.69) is 62.9 Å². The summed E-state index contributed by atoms with van der Waals surface area (Å²) in [5, 5.41) is 1.11. The lowest BCUT2D eigenvalue weighted by molar-refractivity contribution is 0.0213. The standard InChI is InChI=1S/C46H56F4N6O5Si/c1-25(2)62(26(3)4,27(5)6)16-13-32-35(48)11-9-28-17-31(60-24-58-7)19-33(38(28)32)41-40(50)42-34(21-52-41)43(56-30-10-12-36(56)39(49)37(18-30)61-44(51)57)54-45(53-42)59-23-46-14-8-15-55(46)22-29(47)20-46/h9,11,17,19,21,25-27,29-30,36-37,39H,8,10,12,14-15,18,20,22-24H2,1-7H3,(H2,51,57)/t29-,30+,36-,37-,39+,46+/m1/s1. The molecule has 8 rings (SSSR count). The van der Waals surface area contributed by atoms with Crippen molar-refractivity contribution in [2.24, 2.45) is 5.73 Å². The number of primary amides is 1. The first-order chi connectivity index (χ1) is 29.6. The summed E-state index contributed by atoms with van der Waals surface area (Å²) in [6.07, 6.45) is -0.271. The summed E-state index contributed by atoms with van der Waals surface area (Å²) in [6, 6.07) is 5.02. The van der Waals surface area contributed by atoms with E-state index in [0.717, 1.165) is 19.4 Å². The molecule has 6 atom stereocenters. The summed E-state index contributed by atoms with van der Waals surface area (Å²) in [5.74, 6) is 2.44. The Bertz CT molecular complexity index is 2410. The predicted molar refractivity (Wildman–Crippen MR) is 232 cm³/mol. The van der Waals surface area contributed by atoms with Gasteiger partial charge < -0.3 is 29.6 Å². The molecule has 4 aliphatic rings. The molecule has 0 unspecified atom stereocenters. The van der Waals surface area contributed by atoms with Crippen LogP contribution >= 0.6 is 0 Å². The number of amides is 1. The lowest BCUT2D eigenvalue weighted by Crippen LogP contribution is -2.54. The first kappa shape index (κ1) is 43.9. The number of fused-ring (bicyclic) bond motifs is 5. The van der Waals surface area contributed by atoms with E-state index >= 15 is 13.2 Å². The first-order valence-electron chi connectivity index (χ1n) is 21.8. The number of halogens is 4. The molecule has 0 saturated carbocycles. The maximum Gasteiger partial charge on any atom is 0.404 e. The molecule has 2 aromatic heterocycles. The Balaban J connectivity index is 1.32. The summed E-state index contributed by atoms with van der Waals surface area (Å²) >= 11 is 0. The average molecular weight is 877 g/mol. The van der Waals surface area contributed by atoms with Crippen LogP contribution < -0.4 is 20.1 Å². The van der Waals surface area contributed by atoms with Crippen LogP contribution in [0.25, 0.3) is 32.9 Å². The minimum Gasteiger partial charge on any atom is -0.468 e. The van der Waals surface area contributed by atoms with Gasteiger partial charge in [-0.25, -0.2) is 22.4 Å². The molecule has 1 amide bonds. The van der Waals surface area contributed by atoms with E-state index in [0.29, 0.717) is 42.3 Å². The van der Waals surface area contributed by atoms with Crippen LogP contribution in [-0.4, -0.2) is 104 Å². The smallest absolute Gasteiger partial charge is 0.404 e. The van der Waals surface area contributed by atoms with Crippen molar-refractivity contribution in [3.05, 3.63) is 47.7 Å². The van der Waals surface area contributed by atoms with Gasteiger partial charge in [-0.3, -0.25) is 9.88 Å². The summed E-state index contributed by atoms with van der Waals surface area (Å²) in [4.78, 5) is 29.8. The van der Waals surface area contributed by atoms with Crippen LogP contribution in [0.3, 0.4) is 0 Å². The number of piperidine rings is 1. The van der Waals surface area contributed by atoms with Gasteiger partial charge in [-0.1, -0.05) is 53.5 Å². The number of ether oxygens (including phenoxy) is 4. The Kier molecular flexibility index (Phi) is 12.1. The third kappa shape index (κ3) is 7.61. The number of rotatable bonds is 12. The zero-order valence-corrected chi connectivity index (χ0v) is 37.4. The Hall–Kier alpha value is -4.72. The monoisotopic (exact) mass is 876 g/mol. The largest absolute Gasteiger partial charge is 0.468 e. The summed E-state index contributed by atoms with van der Waals surface area (Å²) < 4.78 is 87.7. The third-order valence-corrected chi connectivity index (χ3v) is 20.4. The van der Waals surface area contributed by atoms with Crippen molar-refractivity contribution in [1.29, 1.82) is 0 Å². The summed E-state index contributed by atoms with van der Waals surface area (Å²) in [6.45, 7) is 14.1. The summed E-state index contributed by atoms with van der Waals surface area (Å²) in [5.41, 5.74) is 9.27. The zero-order valence-electron chi connectivity index (χ0n) is 36.4. The van der Waals surface area contributed by atoms with Crippen LogP contribution in [0.15, 0.2) is 30.5 Å². The maximum absolute atomic E-state index is 17.8. The van der Waals surface area contributed by atoms with Crippen LogP contribution in [0.1, 0.15) is 85.6 Å². The Morgan fingerprint density at radius 3 is 2.52 bits per heavy atom. The number of pyridine rings is 1. The van der Waals surface area contributed by atoms with E-state index in [4.69, 9.17) is 34.6 Å². The molecule has 2 N–H and O–H groups in total. The number of carbonyl (C=O) groups excluding carboxylic acids is 1. The van der Waals surface area contributed by atoms with Crippen molar-refractivity contribution < 1.29 is 41.3 Å². The number of methoxy groups -OCH3 is 1. The quantitative estimate of drug-likeness (QED) is 0.0638. The fourth-order valence-corrected chi connectivity index (χ4v) is 16.6. The Morgan fingerprint density at radius 2 is 1.81 bits per heavy atom. The fourth-order valence-electron chi connectivity index (χ4n) is 11.3. The summed E-state index contributed by atoms with van der Waals surface area (Å²) in [7, 11) is -0.868. The molecular weight excluding hydrogens is 821 g/mol. The van der Waals surface area contributed by atoms with Gasteiger partial charge in [0, 0.05) is 49.7 Å². The van der Waals surface area contributed by atoms with E-state index in [1.165, 1.54) is 19.4 Å². The van der Waals surface area contributed by atoms with Gasteiger partial charge in [0.1, 0.15) is 55.6 Å². The van der Waals surface area contributed by atoms with E-state index in [-0.39, 0.29) is 82.0 Å². The molecular formula is C46H56F4N6O5Si. The molecule has 0 spiro atoms. The van der Waals surface area contributed by atoms with Gasteiger partial charge in [0.25, 0.3) is 0 Å². The predicted octanol–water partition coefficient (Wildman–Crippen LogP) is 9.17. The van der Waals surface area contributed by atoms with Crippen molar-refractivity contribution >= 4 is 41.7 Å². The van der Waals surface area contributed by atoms with E-state index in [1.54, 1.807) is 23.1 Å². The van der Waals surface area contributed by atoms with Crippen LogP contribution in [0.5, 0.6) is 11.8 Å².